The number of esters is 1. The molecule has 0 saturated carbocycles. The van der Waals surface area contributed by atoms with Gasteiger partial charge in [0.25, 0.3) is 0 Å². The van der Waals surface area contributed by atoms with Crippen molar-refractivity contribution in [2.24, 2.45) is 11.8 Å². The summed E-state index contributed by atoms with van der Waals surface area (Å²) in [6.07, 6.45) is 7.33. The van der Waals surface area contributed by atoms with Crippen molar-refractivity contribution in [3.63, 3.8) is 0 Å². The van der Waals surface area contributed by atoms with Crippen LogP contribution in [0.15, 0.2) is 36.9 Å². The maximum absolute atomic E-state index is 12.3. The minimum Gasteiger partial charge on any atom is -0.481 e. The molecule has 7 N–H and O–H groups in total. The zero-order valence-electron chi connectivity index (χ0n) is 31.0. The van der Waals surface area contributed by atoms with Gasteiger partial charge in [-0.15, -0.1) is 0 Å². The van der Waals surface area contributed by atoms with Crippen molar-refractivity contribution in [2.75, 3.05) is 27.9 Å². The fraction of sp³-hybridized carbons (Fsp3) is 0.300. The first-order valence-electron chi connectivity index (χ1n) is 18.9. The van der Waals surface area contributed by atoms with E-state index in [0.717, 1.165) is 68.6 Å². The van der Waals surface area contributed by atoms with E-state index in [-0.39, 0.29) is 23.7 Å². The maximum atomic E-state index is 12.3. The van der Waals surface area contributed by atoms with E-state index in [1.807, 2.05) is 13.0 Å². The van der Waals surface area contributed by atoms with Gasteiger partial charge in [-0.2, -0.15) is 0 Å². The summed E-state index contributed by atoms with van der Waals surface area (Å²) in [7, 11) is 0. The second kappa shape index (κ2) is 14.9. The number of aromatic nitrogens is 6. The maximum Gasteiger partial charge on any atom is 0.309 e. The van der Waals surface area contributed by atoms with E-state index in [4.69, 9.17) is 27.9 Å². The molecular formula is C40H36Cl2N10O6. The normalized spacial score (nSPS) is 17.6. The highest BCUT2D eigenvalue weighted by atomic mass is 35.5. The fourth-order valence-electron chi connectivity index (χ4n) is 8.28. The number of benzene rings is 2. The van der Waals surface area contributed by atoms with Crippen LogP contribution >= 0.6 is 23.2 Å². The molecule has 4 aliphatic rings. The molecule has 6 aromatic rings. The topological polar surface area (TPSA) is 229 Å². The molecule has 2 atom stereocenters. The number of aromatic amines is 2. The number of H-pyrrole nitrogens is 2. The summed E-state index contributed by atoms with van der Waals surface area (Å²) in [4.78, 5) is 71.2. The minimum absolute atomic E-state index is 0.0487. The van der Waals surface area contributed by atoms with Gasteiger partial charge in [0, 0.05) is 22.8 Å². The Morgan fingerprint density at radius 2 is 1.24 bits per heavy atom. The number of aliphatic carboxylic acids is 1. The summed E-state index contributed by atoms with van der Waals surface area (Å²) >= 11 is 12.9. The van der Waals surface area contributed by atoms with Gasteiger partial charge in [-0.25, -0.2) is 19.9 Å². The van der Waals surface area contributed by atoms with Gasteiger partial charge >= 0.3 is 11.9 Å². The van der Waals surface area contributed by atoms with Gasteiger partial charge in [-0.1, -0.05) is 23.2 Å². The monoisotopic (exact) mass is 822 g/mol. The van der Waals surface area contributed by atoms with Gasteiger partial charge in [0.1, 0.15) is 35.6 Å². The van der Waals surface area contributed by atoms with Crippen LogP contribution in [-0.4, -0.2) is 65.4 Å². The quantitative estimate of drug-likeness (QED) is 0.0850. The Morgan fingerprint density at radius 3 is 1.72 bits per heavy atom. The summed E-state index contributed by atoms with van der Waals surface area (Å²) in [5.41, 5.74) is 9.88. The summed E-state index contributed by atoms with van der Waals surface area (Å²) in [6.45, 7) is 2.19. The van der Waals surface area contributed by atoms with Crippen LogP contribution in [-0.2, 0) is 62.4 Å². The number of carbonyl (C=O) groups excluding carboxylic acids is 3. The van der Waals surface area contributed by atoms with Crippen molar-refractivity contribution in [1.29, 1.82) is 0 Å². The molecular weight excluding hydrogens is 787 g/mol. The third kappa shape index (κ3) is 6.91. The lowest BCUT2D eigenvalue weighted by Gasteiger charge is -2.21. The highest BCUT2D eigenvalue weighted by Gasteiger charge is 2.31. The van der Waals surface area contributed by atoms with Gasteiger partial charge in [0.05, 0.1) is 63.5 Å². The largest absolute Gasteiger partial charge is 0.481 e. The first kappa shape index (κ1) is 37.3. The number of fused-ring (bicyclic) bond motifs is 8. The molecule has 2 unspecified atom stereocenters. The number of carbonyl (C=O) groups is 4. The van der Waals surface area contributed by atoms with E-state index in [1.165, 1.54) is 12.7 Å². The van der Waals surface area contributed by atoms with Gasteiger partial charge in [-0.05, 0) is 92.0 Å². The summed E-state index contributed by atoms with van der Waals surface area (Å²) in [5, 5.41) is 24.2. The summed E-state index contributed by atoms with van der Waals surface area (Å²) < 4.78 is 5.23. The Labute approximate surface area is 339 Å². The van der Waals surface area contributed by atoms with Crippen LogP contribution in [0, 0.1) is 11.8 Å². The lowest BCUT2D eigenvalue weighted by molar-refractivity contribution is -0.148. The molecule has 2 aliphatic heterocycles. The van der Waals surface area contributed by atoms with Crippen molar-refractivity contribution < 1.29 is 29.0 Å². The van der Waals surface area contributed by atoms with E-state index in [0.29, 0.717) is 89.5 Å². The lowest BCUT2D eigenvalue weighted by Crippen LogP contribution is -2.24. The number of amides is 2. The van der Waals surface area contributed by atoms with Gasteiger partial charge < -0.3 is 41.1 Å². The number of nitrogens with zero attached hydrogens (tertiary/aromatic N) is 4. The Balaban J connectivity index is 0.000000151. The first-order chi connectivity index (χ1) is 28.0. The van der Waals surface area contributed by atoms with Gasteiger partial charge in [-0.3, -0.25) is 19.2 Å². The third-order valence-corrected chi connectivity index (χ3v) is 11.7. The van der Waals surface area contributed by atoms with Crippen molar-refractivity contribution >= 4 is 103 Å². The molecule has 0 spiro atoms. The number of aryl methyl sites for hydroxylation is 2. The van der Waals surface area contributed by atoms with Crippen LogP contribution in [0.2, 0.25) is 10.0 Å². The zero-order chi connectivity index (χ0) is 40.2. The Hall–Kier alpha value is -6.26. The predicted molar refractivity (Wildman–Crippen MR) is 217 cm³/mol. The molecule has 296 valence electrons. The molecule has 16 nitrogen and oxygen atoms in total. The standard InChI is InChI=1S/C21H20ClN5O3.C19H16ClN5O3/c1-2-30-21(29)10-3-4-14-12(5-10)18-19(26-14)23-9-24-20(18)27-16-8-15-11(6-13(16)22)7-17(28)25-15;20-11-4-9-5-15(26)23-13(9)6-14(11)25-18-16-10-3-8(19(27)28)1-2-12(10)24-17(16)21-7-22-18/h6,8-10H,2-5,7H2,1H3,(H,25,28)(H2,23,24,26,27);4,6-8H,1-3,5H2,(H,23,26)(H,27,28)(H2,21,22,24,25). The molecule has 6 heterocycles. The molecule has 0 saturated heterocycles. The molecule has 2 amide bonds. The number of carboxylic acids is 1. The van der Waals surface area contributed by atoms with E-state index >= 15 is 0 Å². The van der Waals surface area contributed by atoms with Crippen LogP contribution in [0.4, 0.5) is 34.4 Å². The van der Waals surface area contributed by atoms with E-state index < -0.39 is 11.9 Å². The second-order valence-corrected chi connectivity index (χ2v) is 15.5. The number of ether oxygens (including phenoxy) is 1. The molecule has 2 aliphatic carbocycles. The van der Waals surface area contributed by atoms with Crippen molar-refractivity contribution in [2.45, 2.75) is 58.3 Å². The minimum atomic E-state index is -0.788. The highest BCUT2D eigenvalue weighted by Crippen LogP contribution is 2.40. The van der Waals surface area contributed by atoms with Crippen LogP contribution in [0.5, 0.6) is 0 Å². The highest BCUT2D eigenvalue weighted by molar-refractivity contribution is 6.34. The molecule has 10 rings (SSSR count). The van der Waals surface area contributed by atoms with Crippen LogP contribution in [0.3, 0.4) is 0 Å². The molecule has 58 heavy (non-hydrogen) atoms. The number of nitrogens with one attached hydrogen (secondary N) is 6. The average molecular weight is 824 g/mol. The molecule has 0 radical (unpaired) electrons. The summed E-state index contributed by atoms with van der Waals surface area (Å²) in [5.74, 6) is -0.501. The van der Waals surface area contributed by atoms with Gasteiger partial charge in [0.15, 0.2) is 0 Å². The fourth-order valence-corrected chi connectivity index (χ4v) is 8.75. The average Bonchev–Trinajstić information content (AvgIpc) is 3.96. The number of rotatable bonds is 7. The Morgan fingerprint density at radius 1 is 0.759 bits per heavy atom. The van der Waals surface area contributed by atoms with Crippen LogP contribution in [0.1, 0.15) is 53.4 Å². The Bertz CT molecular complexity index is 2710. The second-order valence-electron chi connectivity index (χ2n) is 14.7. The van der Waals surface area contributed by atoms with Crippen molar-refractivity contribution in [3.8, 4) is 0 Å². The number of hydrogen-bond acceptors (Lipinski definition) is 11. The molecule has 18 heteroatoms. The number of halogens is 2. The molecule has 4 aromatic heterocycles. The molecule has 2 aromatic carbocycles. The smallest absolute Gasteiger partial charge is 0.309 e. The number of hydrogen-bond donors (Lipinski definition) is 7. The molecule has 0 bridgehead atoms. The third-order valence-electron chi connectivity index (χ3n) is 11.1. The van der Waals surface area contributed by atoms with Crippen molar-refractivity contribution in [3.05, 3.63) is 80.6 Å². The van der Waals surface area contributed by atoms with Gasteiger partial charge in [0.2, 0.25) is 11.8 Å². The van der Waals surface area contributed by atoms with E-state index in [9.17, 15) is 24.3 Å². The Kier molecular flexibility index (Phi) is 9.60. The van der Waals surface area contributed by atoms with Crippen LogP contribution in [0.25, 0.3) is 22.1 Å². The van der Waals surface area contributed by atoms with E-state index in [2.05, 4.69) is 51.2 Å². The number of anilines is 6. The first-order valence-corrected chi connectivity index (χ1v) is 19.6. The van der Waals surface area contributed by atoms with Crippen LogP contribution < -0.4 is 21.3 Å². The number of carboxylic acid groups (broad SMARTS) is 1. The zero-order valence-corrected chi connectivity index (χ0v) is 32.5. The van der Waals surface area contributed by atoms with Crippen molar-refractivity contribution in [1.82, 2.24) is 29.9 Å². The SMILES string of the molecule is CCOC(=O)C1CCc2[nH]c3ncnc(Nc4cc5c(cc4Cl)CC(=O)N5)c3c2C1.O=C1Cc2cc(Cl)c(Nc3ncnc4[nH]c5c(c34)CC(C(=O)O)CC5)cc2N1. The van der Waals surface area contributed by atoms with E-state index in [1.54, 1.807) is 18.2 Å². The summed E-state index contributed by atoms with van der Waals surface area (Å²) in [6, 6.07) is 7.16. The molecule has 0 fully saturated rings. The predicted octanol–water partition coefficient (Wildman–Crippen LogP) is 6.56. The lowest BCUT2D eigenvalue weighted by atomic mass is 9.86.